The zero-order valence-electron chi connectivity index (χ0n) is 18.5. The molecule has 170 valence electrons. The Morgan fingerprint density at radius 2 is 1.78 bits per heavy atom. The SMILES string of the molecule is CC[C@@H](C(=O)NCCc1ccccc1)n1ccc2cc(S(=O)(=O)N3CCCCC3)ccc21. The molecule has 6 nitrogen and oxygen atoms in total. The van der Waals surface area contributed by atoms with E-state index in [1.807, 2.05) is 48.0 Å². The number of rotatable bonds is 8. The second kappa shape index (κ2) is 9.88. The number of amides is 1. The lowest BCUT2D eigenvalue weighted by atomic mass is 10.1. The Bertz CT molecular complexity index is 1170. The molecule has 1 saturated heterocycles. The molecule has 0 saturated carbocycles. The van der Waals surface area contributed by atoms with Crippen molar-refractivity contribution in [3.63, 3.8) is 0 Å². The van der Waals surface area contributed by atoms with Gasteiger partial charge in [0.25, 0.3) is 0 Å². The Hall–Kier alpha value is -2.64. The van der Waals surface area contributed by atoms with Gasteiger partial charge in [0, 0.05) is 36.7 Å². The van der Waals surface area contributed by atoms with Gasteiger partial charge in [-0.3, -0.25) is 4.79 Å². The molecule has 1 aliphatic rings. The second-order valence-corrected chi connectivity index (χ2v) is 10.3. The second-order valence-electron chi connectivity index (χ2n) is 8.36. The minimum Gasteiger partial charge on any atom is -0.354 e. The predicted molar refractivity (Wildman–Crippen MR) is 127 cm³/mol. The standard InChI is InChI=1S/C25H31N3O3S/c1-2-23(25(29)26-15-13-20-9-5-3-6-10-20)28-18-14-21-19-22(11-12-24(21)28)32(30,31)27-16-7-4-8-17-27/h3,5-6,9-12,14,18-19,23H,2,4,7-8,13,15-17H2,1H3,(H,26,29)/t23-/m0/s1. The number of fused-ring (bicyclic) bond motifs is 1. The molecule has 1 N–H and O–H groups in total. The van der Waals surface area contributed by atoms with E-state index in [-0.39, 0.29) is 11.9 Å². The Labute approximate surface area is 190 Å². The molecule has 3 aromatic rings. The van der Waals surface area contributed by atoms with Gasteiger partial charge >= 0.3 is 0 Å². The number of hydrogen-bond acceptors (Lipinski definition) is 3. The van der Waals surface area contributed by atoms with Gasteiger partial charge in [-0.15, -0.1) is 0 Å². The first-order valence-corrected chi connectivity index (χ1v) is 12.9. The zero-order chi connectivity index (χ0) is 22.6. The molecular formula is C25H31N3O3S. The lowest BCUT2D eigenvalue weighted by Crippen LogP contribution is -2.35. The number of carbonyl (C=O) groups excluding carboxylic acids is 1. The molecule has 0 aliphatic carbocycles. The summed E-state index contributed by atoms with van der Waals surface area (Å²) < 4.78 is 29.6. The Balaban J connectivity index is 1.50. The summed E-state index contributed by atoms with van der Waals surface area (Å²) in [5.74, 6) is -0.0223. The molecule has 1 aliphatic heterocycles. The molecule has 7 heteroatoms. The van der Waals surface area contributed by atoms with Crippen LogP contribution in [-0.4, -0.2) is 42.8 Å². The van der Waals surface area contributed by atoms with E-state index in [9.17, 15) is 13.2 Å². The van der Waals surface area contributed by atoms with Crippen molar-refractivity contribution in [3.8, 4) is 0 Å². The lowest BCUT2D eigenvalue weighted by molar-refractivity contribution is -0.124. The number of benzene rings is 2. The number of hydrogen-bond donors (Lipinski definition) is 1. The van der Waals surface area contributed by atoms with Gasteiger partial charge in [0.05, 0.1) is 4.90 Å². The third-order valence-electron chi connectivity index (χ3n) is 6.23. The first kappa shape index (κ1) is 22.6. The summed E-state index contributed by atoms with van der Waals surface area (Å²) in [6.45, 7) is 3.74. The van der Waals surface area contributed by atoms with Gasteiger partial charge < -0.3 is 9.88 Å². The van der Waals surface area contributed by atoms with Crippen LogP contribution in [0.4, 0.5) is 0 Å². The van der Waals surface area contributed by atoms with Crippen molar-refractivity contribution in [2.45, 2.75) is 50.0 Å². The summed E-state index contributed by atoms with van der Waals surface area (Å²) in [6.07, 6.45) is 6.22. The summed E-state index contributed by atoms with van der Waals surface area (Å²) in [5, 5.41) is 3.88. The van der Waals surface area contributed by atoms with Crippen LogP contribution in [0, 0.1) is 0 Å². The summed E-state index contributed by atoms with van der Waals surface area (Å²) in [5.41, 5.74) is 2.06. The maximum Gasteiger partial charge on any atom is 0.243 e. The van der Waals surface area contributed by atoms with Gasteiger partial charge in [0.2, 0.25) is 15.9 Å². The maximum atomic E-state index is 13.0. The van der Waals surface area contributed by atoms with E-state index in [0.717, 1.165) is 36.6 Å². The summed E-state index contributed by atoms with van der Waals surface area (Å²) >= 11 is 0. The molecule has 1 aromatic heterocycles. The van der Waals surface area contributed by atoms with Crippen molar-refractivity contribution in [2.75, 3.05) is 19.6 Å². The number of nitrogens with zero attached hydrogens (tertiary/aromatic N) is 2. The van der Waals surface area contributed by atoms with Crippen molar-refractivity contribution in [1.29, 1.82) is 0 Å². The zero-order valence-corrected chi connectivity index (χ0v) is 19.4. The molecule has 4 rings (SSSR count). The highest BCUT2D eigenvalue weighted by Crippen LogP contribution is 2.27. The highest BCUT2D eigenvalue weighted by molar-refractivity contribution is 7.89. The van der Waals surface area contributed by atoms with Gasteiger partial charge in [0.1, 0.15) is 6.04 Å². The predicted octanol–water partition coefficient (Wildman–Crippen LogP) is 4.13. The number of carbonyl (C=O) groups is 1. The van der Waals surface area contributed by atoms with Crippen molar-refractivity contribution in [1.82, 2.24) is 14.2 Å². The van der Waals surface area contributed by atoms with Crippen molar-refractivity contribution < 1.29 is 13.2 Å². The smallest absolute Gasteiger partial charge is 0.243 e. The van der Waals surface area contributed by atoms with Crippen molar-refractivity contribution in [3.05, 3.63) is 66.4 Å². The number of aromatic nitrogens is 1. The third kappa shape index (κ3) is 4.74. The number of piperidine rings is 1. The molecule has 1 amide bonds. The fourth-order valence-electron chi connectivity index (χ4n) is 4.43. The molecule has 0 bridgehead atoms. The van der Waals surface area contributed by atoms with Crippen LogP contribution in [0.1, 0.15) is 44.2 Å². The van der Waals surface area contributed by atoms with Gasteiger partial charge in [-0.05, 0) is 55.5 Å². The van der Waals surface area contributed by atoms with Crippen LogP contribution in [-0.2, 0) is 21.2 Å². The molecule has 2 heterocycles. The van der Waals surface area contributed by atoms with Crippen molar-refractivity contribution in [2.24, 2.45) is 0 Å². The third-order valence-corrected chi connectivity index (χ3v) is 8.12. The van der Waals surface area contributed by atoms with Crippen molar-refractivity contribution >= 4 is 26.8 Å². The van der Waals surface area contributed by atoms with Crippen LogP contribution in [0.3, 0.4) is 0 Å². The molecule has 0 unspecified atom stereocenters. The molecule has 32 heavy (non-hydrogen) atoms. The first-order chi connectivity index (χ1) is 15.5. The van der Waals surface area contributed by atoms with E-state index >= 15 is 0 Å². The molecular weight excluding hydrogens is 422 g/mol. The minimum absolute atomic E-state index is 0.0223. The van der Waals surface area contributed by atoms with E-state index in [0.29, 0.717) is 31.0 Å². The van der Waals surface area contributed by atoms with Gasteiger partial charge in [-0.25, -0.2) is 8.42 Å². The highest BCUT2D eigenvalue weighted by atomic mass is 32.2. The number of sulfonamides is 1. The van der Waals surface area contributed by atoms with Gasteiger partial charge in [-0.1, -0.05) is 43.7 Å². The fraction of sp³-hybridized carbons (Fsp3) is 0.400. The average molecular weight is 454 g/mol. The maximum absolute atomic E-state index is 13.0. The Morgan fingerprint density at radius 3 is 2.50 bits per heavy atom. The van der Waals surface area contributed by atoms with Crippen LogP contribution >= 0.6 is 0 Å². The van der Waals surface area contributed by atoms with Crippen LogP contribution in [0.2, 0.25) is 0 Å². The average Bonchev–Trinajstić information content (AvgIpc) is 3.24. The fourth-order valence-corrected chi connectivity index (χ4v) is 5.98. The highest BCUT2D eigenvalue weighted by Gasteiger charge is 2.27. The van der Waals surface area contributed by atoms with Crippen LogP contribution in [0.25, 0.3) is 10.9 Å². The van der Waals surface area contributed by atoms with E-state index in [1.165, 1.54) is 5.56 Å². The molecule has 2 aromatic carbocycles. The molecule has 1 atom stereocenters. The van der Waals surface area contributed by atoms with E-state index in [2.05, 4.69) is 17.4 Å². The monoisotopic (exact) mass is 453 g/mol. The topological polar surface area (TPSA) is 71.4 Å². The lowest BCUT2D eigenvalue weighted by Gasteiger charge is -2.26. The van der Waals surface area contributed by atoms with Gasteiger partial charge in [0.15, 0.2) is 0 Å². The quantitative estimate of drug-likeness (QED) is 0.558. The van der Waals surface area contributed by atoms with E-state index in [1.54, 1.807) is 16.4 Å². The van der Waals surface area contributed by atoms with Crippen LogP contribution in [0.15, 0.2) is 65.7 Å². The molecule has 0 spiro atoms. The first-order valence-electron chi connectivity index (χ1n) is 11.4. The molecule has 0 radical (unpaired) electrons. The van der Waals surface area contributed by atoms with Crippen LogP contribution in [0.5, 0.6) is 0 Å². The Morgan fingerprint density at radius 1 is 1.03 bits per heavy atom. The summed E-state index contributed by atoms with van der Waals surface area (Å²) in [4.78, 5) is 13.2. The Kier molecular flexibility index (Phi) is 6.96. The van der Waals surface area contributed by atoms with Crippen LogP contribution < -0.4 is 5.32 Å². The molecule has 1 fully saturated rings. The number of nitrogens with one attached hydrogen (secondary N) is 1. The minimum atomic E-state index is -3.48. The van der Waals surface area contributed by atoms with E-state index in [4.69, 9.17) is 0 Å². The van der Waals surface area contributed by atoms with E-state index < -0.39 is 10.0 Å². The summed E-state index contributed by atoms with van der Waals surface area (Å²) in [6, 6.07) is 16.9. The largest absolute Gasteiger partial charge is 0.354 e. The normalized spacial score (nSPS) is 16.2. The van der Waals surface area contributed by atoms with Gasteiger partial charge in [-0.2, -0.15) is 4.31 Å². The summed E-state index contributed by atoms with van der Waals surface area (Å²) in [7, 11) is -3.48.